The fraction of sp³-hybridized carbons (Fsp3) is 0.500. The van der Waals surface area contributed by atoms with Gasteiger partial charge in [0.1, 0.15) is 6.54 Å². The minimum Gasteiger partial charge on any atom is -0.423 e. The second-order valence-electron chi connectivity index (χ2n) is 6.05. The Morgan fingerprint density at radius 1 is 1.28 bits per heavy atom. The number of hydrogen-bond donors (Lipinski definition) is 0. The number of esters is 1. The number of rotatable bonds is 4. The Bertz CT molecular complexity index is 700. The first-order chi connectivity index (χ1) is 12.0. The van der Waals surface area contributed by atoms with Gasteiger partial charge in [-0.25, -0.2) is 4.79 Å². The molecule has 0 atom stereocenters. The molecule has 9 nitrogen and oxygen atoms in total. The number of non-ortho nitro benzene ring substituents is 1. The van der Waals surface area contributed by atoms with Gasteiger partial charge in [0.25, 0.3) is 5.69 Å². The van der Waals surface area contributed by atoms with Gasteiger partial charge in [-0.05, 0) is 12.6 Å². The zero-order chi connectivity index (χ0) is 18.0. The van der Waals surface area contributed by atoms with Gasteiger partial charge in [0.2, 0.25) is 5.91 Å². The Balaban J connectivity index is 1.72. The summed E-state index contributed by atoms with van der Waals surface area (Å²) in [6.07, 6.45) is 0. The zero-order valence-corrected chi connectivity index (χ0v) is 14.0. The van der Waals surface area contributed by atoms with Crippen molar-refractivity contribution in [1.82, 2.24) is 9.80 Å². The molecule has 1 amide bonds. The molecule has 1 saturated heterocycles. The van der Waals surface area contributed by atoms with E-state index < -0.39 is 10.9 Å². The average Bonchev–Trinajstić information content (AvgIpc) is 2.61. The van der Waals surface area contributed by atoms with Crippen LogP contribution in [0.3, 0.4) is 0 Å². The van der Waals surface area contributed by atoms with E-state index in [4.69, 9.17) is 4.74 Å². The lowest BCUT2D eigenvalue weighted by Gasteiger charge is -2.36. The normalized spacial score (nSPS) is 17.9. The molecule has 0 aromatic heterocycles. The van der Waals surface area contributed by atoms with Crippen LogP contribution in [-0.2, 0) is 9.59 Å². The minimum absolute atomic E-state index is 0.0477. The van der Waals surface area contributed by atoms with Crippen molar-refractivity contribution in [3.63, 3.8) is 0 Å². The van der Waals surface area contributed by atoms with Crippen molar-refractivity contribution in [2.75, 3.05) is 50.7 Å². The van der Waals surface area contributed by atoms with Crippen LogP contribution < -0.4 is 9.64 Å². The van der Waals surface area contributed by atoms with Gasteiger partial charge in [0.15, 0.2) is 5.75 Å². The summed E-state index contributed by atoms with van der Waals surface area (Å²) in [7, 11) is 0. The van der Waals surface area contributed by atoms with Crippen LogP contribution in [0.2, 0.25) is 0 Å². The lowest BCUT2D eigenvalue weighted by molar-refractivity contribution is -0.384. The number of fused-ring (bicyclic) bond motifs is 1. The Morgan fingerprint density at radius 2 is 2.00 bits per heavy atom. The summed E-state index contributed by atoms with van der Waals surface area (Å²) in [6, 6.07) is 4.07. The number of benzene rings is 1. The van der Waals surface area contributed by atoms with Gasteiger partial charge in [-0.1, -0.05) is 6.92 Å². The molecule has 0 aliphatic carbocycles. The van der Waals surface area contributed by atoms with E-state index in [-0.39, 0.29) is 30.4 Å². The number of hydrogen-bond acceptors (Lipinski definition) is 7. The van der Waals surface area contributed by atoms with Crippen molar-refractivity contribution in [3.8, 4) is 5.75 Å². The second-order valence-corrected chi connectivity index (χ2v) is 6.05. The monoisotopic (exact) mass is 348 g/mol. The molecule has 1 fully saturated rings. The largest absolute Gasteiger partial charge is 0.423 e. The summed E-state index contributed by atoms with van der Waals surface area (Å²) in [5, 5.41) is 10.9. The molecule has 2 heterocycles. The Morgan fingerprint density at radius 3 is 2.64 bits per heavy atom. The third kappa shape index (κ3) is 3.71. The van der Waals surface area contributed by atoms with E-state index in [1.54, 1.807) is 9.80 Å². The lowest BCUT2D eigenvalue weighted by Crippen LogP contribution is -2.52. The van der Waals surface area contributed by atoms with E-state index >= 15 is 0 Å². The van der Waals surface area contributed by atoms with Crippen LogP contribution in [0.1, 0.15) is 6.92 Å². The number of carbonyl (C=O) groups excluding carboxylic acids is 2. The van der Waals surface area contributed by atoms with Crippen LogP contribution in [0.15, 0.2) is 18.2 Å². The lowest BCUT2D eigenvalue weighted by atomic mass is 10.2. The predicted octanol–water partition coefficient (Wildman–Crippen LogP) is 0.484. The van der Waals surface area contributed by atoms with Crippen molar-refractivity contribution >= 4 is 23.3 Å². The maximum atomic E-state index is 12.6. The van der Waals surface area contributed by atoms with E-state index in [1.807, 2.05) is 0 Å². The first-order valence-electron chi connectivity index (χ1n) is 8.22. The van der Waals surface area contributed by atoms with Gasteiger partial charge in [-0.15, -0.1) is 0 Å². The number of nitro benzene ring substituents is 1. The third-order valence-corrected chi connectivity index (χ3v) is 4.54. The maximum Gasteiger partial charge on any atom is 0.331 e. The smallest absolute Gasteiger partial charge is 0.331 e. The van der Waals surface area contributed by atoms with Crippen LogP contribution in [0.25, 0.3) is 0 Å². The Hall–Kier alpha value is -2.68. The standard InChI is InChI=1S/C16H20N4O5/c1-2-17-5-7-18(8-6-17)15(21)10-19-11-16(22)25-14-9-12(20(23)24)3-4-13(14)19/h3-4,9H,2,5-8,10-11H2,1H3. The highest BCUT2D eigenvalue weighted by atomic mass is 16.6. The topological polar surface area (TPSA) is 96.2 Å². The first kappa shape index (κ1) is 17.2. The number of piperazine rings is 1. The summed E-state index contributed by atoms with van der Waals surface area (Å²) in [5.74, 6) is -0.472. The highest BCUT2D eigenvalue weighted by molar-refractivity contribution is 5.89. The molecule has 2 aliphatic heterocycles. The molecule has 134 valence electrons. The van der Waals surface area contributed by atoms with Gasteiger partial charge in [-0.2, -0.15) is 0 Å². The summed E-state index contributed by atoms with van der Waals surface area (Å²) >= 11 is 0. The summed E-state index contributed by atoms with van der Waals surface area (Å²) in [4.78, 5) is 40.3. The molecule has 0 bridgehead atoms. The van der Waals surface area contributed by atoms with Crippen molar-refractivity contribution < 1.29 is 19.2 Å². The van der Waals surface area contributed by atoms with Crippen molar-refractivity contribution in [3.05, 3.63) is 28.3 Å². The quantitative estimate of drug-likeness (QED) is 0.338. The molecule has 9 heteroatoms. The molecule has 25 heavy (non-hydrogen) atoms. The van der Waals surface area contributed by atoms with Gasteiger partial charge in [-0.3, -0.25) is 14.9 Å². The summed E-state index contributed by atoms with van der Waals surface area (Å²) < 4.78 is 5.09. The predicted molar refractivity (Wildman–Crippen MR) is 89.6 cm³/mol. The molecule has 0 N–H and O–H groups in total. The van der Waals surface area contributed by atoms with Crippen LogP contribution in [0.4, 0.5) is 11.4 Å². The number of nitro groups is 1. The van der Waals surface area contributed by atoms with Crippen LogP contribution in [0, 0.1) is 10.1 Å². The fourth-order valence-electron chi connectivity index (χ4n) is 3.07. The van der Waals surface area contributed by atoms with Crippen molar-refractivity contribution in [2.24, 2.45) is 0 Å². The van der Waals surface area contributed by atoms with Crippen LogP contribution >= 0.6 is 0 Å². The summed E-state index contributed by atoms with van der Waals surface area (Å²) in [6.45, 7) is 6.06. The molecule has 0 unspecified atom stereocenters. The van der Waals surface area contributed by atoms with Crippen LogP contribution in [0.5, 0.6) is 5.75 Å². The van der Waals surface area contributed by atoms with Crippen molar-refractivity contribution in [1.29, 1.82) is 0 Å². The number of likely N-dealkylation sites (N-methyl/N-ethyl adjacent to an activating group) is 1. The van der Waals surface area contributed by atoms with E-state index in [2.05, 4.69) is 11.8 Å². The zero-order valence-electron chi connectivity index (χ0n) is 14.0. The van der Waals surface area contributed by atoms with E-state index in [0.29, 0.717) is 18.8 Å². The van der Waals surface area contributed by atoms with Crippen LogP contribution in [-0.4, -0.2) is 72.4 Å². The van der Waals surface area contributed by atoms with Gasteiger partial charge >= 0.3 is 5.97 Å². The average molecular weight is 348 g/mol. The van der Waals surface area contributed by atoms with E-state index in [9.17, 15) is 19.7 Å². The molecule has 1 aromatic carbocycles. The molecule has 1 aromatic rings. The second kappa shape index (κ2) is 7.06. The third-order valence-electron chi connectivity index (χ3n) is 4.54. The summed E-state index contributed by atoms with van der Waals surface area (Å²) in [5.41, 5.74) is 0.362. The highest BCUT2D eigenvalue weighted by Gasteiger charge is 2.29. The highest BCUT2D eigenvalue weighted by Crippen LogP contribution is 2.35. The molecular formula is C16H20N4O5. The number of ether oxygens (including phenoxy) is 1. The Kier molecular flexibility index (Phi) is 4.84. The fourth-order valence-corrected chi connectivity index (χ4v) is 3.07. The number of nitrogens with zero attached hydrogens (tertiary/aromatic N) is 4. The minimum atomic E-state index is -0.550. The molecule has 0 radical (unpaired) electrons. The van der Waals surface area contributed by atoms with Gasteiger partial charge in [0, 0.05) is 32.2 Å². The molecule has 3 rings (SSSR count). The van der Waals surface area contributed by atoms with E-state index in [1.165, 1.54) is 18.2 Å². The molecule has 2 aliphatic rings. The van der Waals surface area contributed by atoms with Crippen molar-refractivity contribution in [2.45, 2.75) is 6.92 Å². The number of amides is 1. The number of anilines is 1. The molecular weight excluding hydrogens is 328 g/mol. The van der Waals surface area contributed by atoms with Gasteiger partial charge in [0.05, 0.1) is 23.2 Å². The first-order valence-corrected chi connectivity index (χ1v) is 8.22. The molecule has 0 saturated carbocycles. The maximum absolute atomic E-state index is 12.6. The molecule has 0 spiro atoms. The SMILES string of the molecule is CCN1CCN(C(=O)CN2CC(=O)Oc3cc([N+](=O)[O-])ccc32)CC1. The number of carbonyl (C=O) groups is 2. The van der Waals surface area contributed by atoms with E-state index in [0.717, 1.165) is 19.6 Å². The Labute approximate surface area is 144 Å². The van der Waals surface area contributed by atoms with Gasteiger partial charge < -0.3 is 19.4 Å².